The number of nitrogens with one attached hydrogen (secondary N) is 3. The van der Waals surface area contributed by atoms with Crippen molar-refractivity contribution in [2.24, 2.45) is 0 Å². The van der Waals surface area contributed by atoms with Gasteiger partial charge in [-0.2, -0.15) is 4.39 Å². The first-order chi connectivity index (χ1) is 15.7. The molecule has 0 aliphatic carbocycles. The molecule has 9 nitrogen and oxygen atoms in total. The predicted molar refractivity (Wildman–Crippen MR) is 120 cm³/mol. The van der Waals surface area contributed by atoms with Crippen LogP contribution in [0.3, 0.4) is 0 Å². The van der Waals surface area contributed by atoms with Crippen molar-refractivity contribution in [1.29, 1.82) is 0 Å². The van der Waals surface area contributed by atoms with Crippen molar-refractivity contribution in [3.05, 3.63) is 71.3 Å². The van der Waals surface area contributed by atoms with Crippen LogP contribution in [0.2, 0.25) is 0 Å². The molecule has 0 aliphatic rings. The fourth-order valence-corrected chi connectivity index (χ4v) is 3.88. The molecule has 4 heterocycles. The van der Waals surface area contributed by atoms with Crippen molar-refractivity contribution in [3.8, 4) is 5.88 Å². The molecule has 4 aromatic rings. The van der Waals surface area contributed by atoms with Gasteiger partial charge in [-0.05, 0) is 23.8 Å². The lowest BCUT2D eigenvalue weighted by Crippen LogP contribution is -2.09. The SMILES string of the molecule is COc1ncc(F)cc1CNc1ccc(Cc2c[nH]c3ncc(NS(C)(=O)=O)cc23)c(F)n1. The van der Waals surface area contributed by atoms with E-state index in [1.54, 1.807) is 24.4 Å². The smallest absolute Gasteiger partial charge is 0.229 e. The second kappa shape index (κ2) is 8.98. The molecule has 0 saturated heterocycles. The van der Waals surface area contributed by atoms with Gasteiger partial charge in [0.05, 0.1) is 31.4 Å². The van der Waals surface area contributed by atoms with Crippen LogP contribution in [-0.4, -0.2) is 41.7 Å². The largest absolute Gasteiger partial charge is 0.481 e. The fraction of sp³-hybridized carbons (Fsp3) is 0.190. The van der Waals surface area contributed by atoms with E-state index in [0.717, 1.165) is 18.0 Å². The van der Waals surface area contributed by atoms with E-state index in [1.165, 1.54) is 19.4 Å². The van der Waals surface area contributed by atoms with Gasteiger partial charge in [0, 0.05) is 35.7 Å². The minimum Gasteiger partial charge on any atom is -0.481 e. The number of methoxy groups -OCH3 is 1. The number of hydrogen-bond donors (Lipinski definition) is 3. The highest BCUT2D eigenvalue weighted by Gasteiger charge is 2.13. The lowest BCUT2D eigenvalue weighted by Gasteiger charge is -2.10. The fourth-order valence-electron chi connectivity index (χ4n) is 3.34. The summed E-state index contributed by atoms with van der Waals surface area (Å²) in [6, 6.07) is 6.12. The van der Waals surface area contributed by atoms with E-state index in [0.29, 0.717) is 27.8 Å². The average Bonchev–Trinajstić information content (AvgIpc) is 3.15. The molecule has 0 unspecified atom stereocenters. The number of hydrogen-bond acceptors (Lipinski definition) is 7. The number of aromatic amines is 1. The van der Waals surface area contributed by atoms with E-state index in [4.69, 9.17) is 4.74 Å². The Morgan fingerprint density at radius 1 is 1.09 bits per heavy atom. The van der Waals surface area contributed by atoms with Crippen LogP contribution in [0.4, 0.5) is 20.3 Å². The third-order valence-corrected chi connectivity index (χ3v) is 5.38. The van der Waals surface area contributed by atoms with Gasteiger partial charge in [-0.3, -0.25) is 4.72 Å². The third-order valence-electron chi connectivity index (χ3n) is 4.77. The van der Waals surface area contributed by atoms with Crippen molar-refractivity contribution < 1.29 is 21.9 Å². The molecule has 4 rings (SSSR count). The van der Waals surface area contributed by atoms with Crippen molar-refractivity contribution in [3.63, 3.8) is 0 Å². The number of anilines is 2. The molecule has 4 aromatic heterocycles. The first-order valence-corrected chi connectivity index (χ1v) is 11.6. The summed E-state index contributed by atoms with van der Waals surface area (Å²) in [6.07, 6.45) is 5.40. The van der Waals surface area contributed by atoms with Gasteiger partial charge >= 0.3 is 0 Å². The summed E-state index contributed by atoms with van der Waals surface area (Å²) in [7, 11) is -2.03. The van der Waals surface area contributed by atoms with Crippen LogP contribution in [0.1, 0.15) is 16.7 Å². The molecule has 0 fully saturated rings. The third kappa shape index (κ3) is 5.34. The highest BCUT2D eigenvalue weighted by Crippen LogP contribution is 2.24. The van der Waals surface area contributed by atoms with Crippen LogP contribution in [0, 0.1) is 11.8 Å². The van der Waals surface area contributed by atoms with Gasteiger partial charge in [0.2, 0.25) is 21.9 Å². The Hall–Kier alpha value is -3.80. The monoisotopic (exact) mass is 474 g/mol. The molecule has 0 radical (unpaired) electrons. The molecule has 0 aromatic carbocycles. The molecular formula is C21H20F2N6O3S. The van der Waals surface area contributed by atoms with E-state index in [-0.39, 0.29) is 24.7 Å². The molecule has 0 bridgehead atoms. The zero-order chi connectivity index (χ0) is 23.6. The van der Waals surface area contributed by atoms with Gasteiger partial charge in [0.1, 0.15) is 17.3 Å². The minimum atomic E-state index is -3.45. The van der Waals surface area contributed by atoms with Gasteiger partial charge in [0.25, 0.3) is 0 Å². The Kier molecular flexibility index (Phi) is 6.09. The van der Waals surface area contributed by atoms with Crippen LogP contribution < -0.4 is 14.8 Å². The molecule has 0 amide bonds. The number of aromatic nitrogens is 4. The maximum Gasteiger partial charge on any atom is 0.229 e. The summed E-state index contributed by atoms with van der Waals surface area (Å²) < 4.78 is 58.6. The van der Waals surface area contributed by atoms with Crippen LogP contribution in [0.25, 0.3) is 11.0 Å². The zero-order valence-electron chi connectivity index (χ0n) is 17.7. The number of halogens is 2. The lowest BCUT2D eigenvalue weighted by molar-refractivity contribution is 0.391. The molecule has 172 valence electrons. The van der Waals surface area contributed by atoms with E-state index in [9.17, 15) is 17.2 Å². The van der Waals surface area contributed by atoms with Crippen LogP contribution in [0.5, 0.6) is 5.88 Å². The van der Waals surface area contributed by atoms with E-state index >= 15 is 0 Å². The summed E-state index contributed by atoms with van der Waals surface area (Å²) >= 11 is 0. The van der Waals surface area contributed by atoms with Crippen LogP contribution in [-0.2, 0) is 23.0 Å². The van der Waals surface area contributed by atoms with Crippen molar-refractivity contribution in [2.45, 2.75) is 13.0 Å². The normalized spacial score (nSPS) is 11.5. The summed E-state index contributed by atoms with van der Waals surface area (Å²) in [5.74, 6) is -0.649. The molecule has 3 N–H and O–H groups in total. The number of ether oxygens (including phenoxy) is 1. The maximum absolute atomic E-state index is 14.7. The first kappa shape index (κ1) is 22.4. The summed E-state index contributed by atoms with van der Waals surface area (Å²) in [5, 5.41) is 3.59. The van der Waals surface area contributed by atoms with Gasteiger partial charge in [-0.25, -0.2) is 27.8 Å². The molecule has 0 aliphatic heterocycles. The molecule has 0 atom stereocenters. The predicted octanol–water partition coefficient (Wildman–Crippen LogP) is 3.21. The minimum absolute atomic E-state index is 0.143. The highest BCUT2D eigenvalue weighted by atomic mass is 32.2. The number of rotatable bonds is 8. The Balaban J connectivity index is 1.51. The quantitative estimate of drug-likeness (QED) is 0.335. The maximum atomic E-state index is 14.7. The van der Waals surface area contributed by atoms with Crippen molar-refractivity contribution in [1.82, 2.24) is 19.9 Å². The van der Waals surface area contributed by atoms with Crippen molar-refractivity contribution in [2.75, 3.05) is 23.4 Å². The number of sulfonamides is 1. The van der Waals surface area contributed by atoms with Crippen LogP contribution >= 0.6 is 0 Å². The molecular weight excluding hydrogens is 454 g/mol. The average molecular weight is 474 g/mol. The van der Waals surface area contributed by atoms with Gasteiger partial charge in [-0.15, -0.1) is 0 Å². The van der Waals surface area contributed by atoms with E-state index < -0.39 is 21.8 Å². The number of fused-ring (bicyclic) bond motifs is 1. The van der Waals surface area contributed by atoms with Crippen LogP contribution in [0.15, 0.2) is 42.9 Å². The van der Waals surface area contributed by atoms with Crippen molar-refractivity contribution >= 4 is 32.6 Å². The highest BCUT2D eigenvalue weighted by molar-refractivity contribution is 7.92. The van der Waals surface area contributed by atoms with E-state index in [1.807, 2.05) is 0 Å². The first-order valence-electron chi connectivity index (χ1n) is 9.73. The number of H-pyrrole nitrogens is 1. The Morgan fingerprint density at radius 2 is 1.91 bits per heavy atom. The van der Waals surface area contributed by atoms with Gasteiger partial charge < -0.3 is 15.0 Å². The molecule has 12 heteroatoms. The standard InChI is InChI=1S/C21H20F2N6O3S/c1-32-21-14(6-15(22)10-27-21)9-24-18-4-3-12(19(23)28-18)5-13-8-25-20-17(13)7-16(11-26-20)29-33(2,30)31/h3-4,6-8,10-11,29H,5,9H2,1-2H3,(H,24,28)(H,25,26). The topological polar surface area (TPSA) is 122 Å². The van der Waals surface area contributed by atoms with Gasteiger partial charge in [0.15, 0.2) is 0 Å². The second-order valence-electron chi connectivity index (χ2n) is 7.31. The molecule has 0 saturated carbocycles. The Bertz CT molecular complexity index is 1430. The second-order valence-corrected chi connectivity index (χ2v) is 9.06. The Labute approximate surface area is 188 Å². The number of nitrogens with zero attached hydrogens (tertiary/aromatic N) is 3. The lowest BCUT2D eigenvalue weighted by atomic mass is 10.1. The molecule has 33 heavy (non-hydrogen) atoms. The summed E-state index contributed by atoms with van der Waals surface area (Å²) in [6.45, 7) is 0.143. The van der Waals surface area contributed by atoms with Gasteiger partial charge in [-0.1, -0.05) is 6.07 Å². The van der Waals surface area contributed by atoms with E-state index in [2.05, 4.69) is 30.0 Å². The number of pyridine rings is 3. The summed E-state index contributed by atoms with van der Waals surface area (Å²) in [5.41, 5.74) is 2.40. The zero-order valence-corrected chi connectivity index (χ0v) is 18.5. The Morgan fingerprint density at radius 3 is 2.64 bits per heavy atom. The summed E-state index contributed by atoms with van der Waals surface area (Å²) in [4.78, 5) is 15.0. The molecule has 0 spiro atoms.